The molecule has 0 atom stereocenters. The highest BCUT2D eigenvalue weighted by Crippen LogP contribution is 2.40. The first-order valence-electron chi connectivity index (χ1n) is 12.4. The summed E-state index contributed by atoms with van der Waals surface area (Å²) >= 11 is 7.39. The lowest BCUT2D eigenvalue weighted by molar-refractivity contribution is 0.0618. The number of thiophene rings is 1. The number of nitrogens with zero attached hydrogens (tertiary/aromatic N) is 2. The van der Waals surface area contributed by atoms with Gasteiger partial charge in [-0.25, -0.2) is 8.78 Å². The van der Waals surface area contributed by atoms with Gasteiger partial charge in [0.1, 0.15) is 28.0 Å². The molecule has 0 radical (unpaired) electrons. The molecule has 2 aromatic heterocycles. The topological polar surface area (TPSA) is 59.5 Å². The summed E-state index contributed by atoms with van der Waals surface area (Å²) in [6, 6.07) is 11.2. The molecule has 0 unspecified atom stereocenters. The number of rotatable bonds is 7. The number of pyridine rings is 1. The number of hydrogen-bond donors (Lipinski definition) is 0. The van der Waals surface area contributed by atoms with Crippen molar-refractivity contribution in [1.29, 1.82) is 0 Å². The number of aldehydes is 1. The van der Waals surface area contributed by atoms with Crippen LogP contribution in [0.1, 0.15) is 57.8 Å². The molecular weight excluding hydrogens is 530 g/mol. The van der Waals surface area contributed by atoms with Crippen LogP contribution in [0.25, 0.3) is 21.2 Å². The molecule has 0 N–H and O–H groups in total. The van der Waals surface area contributed by atoms with Gasteiger partial charge in [-0.15, -0.1) is 11.3 Å². The second-order valence-corrected chi connectivity index (χ2v) is 10.7. The van der Waals surface area contributed by atoms with Crippen molar-refractivity contribution in [2.24, 2.45) is 0 Å². The van der Waals surface area contributed by atoms with Gasteiger partial charge in [-0.3, -0.25) is 14.6 Å². The van der Waals surface area contributed by atoms with E-state index < -0.39 is 11.6 Å². The van der Waals surface area contributed by atoms with E-state index in [-0.39, 0.29) is 38.5 Å². The van der Waals surface area contributed by atoms with Crippen LogP contribution in [-0.2, 0) is 6.54 Å². The second-order valence-electron chi connectivity index (χ2n) is 9.32. The molecule has 1 aliphatic rings. The molecule has 0 spiro atoms. The Morgan fingerprint density at radius 2 is 1.84 bits per heavy atom. The first-order valence-corrected chi connectivity index (χ1v) is 13.6. The third kappa shape index (κ3) is 5.02. The molecule has 9 heteroatoms. The van der Waals surface area contributed by atoms with Gasteiger partial charge in [-0.05, 0) is 60.4 Å². The molecule has 2 heterocycles. The van der Waals surface area contributed by atoms with Crippen LogP contribution in [0.4, 0.5) is 8.78 Å². The van der Waals surface area contributed by atoms with Crippen molar-refractivity contribution in [2.75, 3.05) is 7.11 Å². The molecule has 5 nitrogen and oxygen atoms in total. The normalized spacial score (nSPS) is 14.0. The number of amides is 1. The van der Waals surface area contributed by atoms with Gasteiger partial charge in [-0.1, -0.05) is 36.9 Å². The Bertz CT molecular complexity index is 1520. The highest BCUT2D eigenvalue weighted by molar-refractivity contribution is 7.21. The molecule has 4 aromatic rings. The highest BCUT2D eigenvalue weighted by atomic mass is 35.5. The molecule has 1 amide bonds. The van der Waals surface area contributed by atoms with Crippen LogP contribution < -0.4 is 4.74 Å². The molecule has 1 fully saturated rings. The number of hydrogen-bond acceptors (Lipinski definition) is 5. The van der Waals surface area contributed by atoms with Crippen molar-refractivity contribution in [1.82, 2.24) is 9.88 Å². The third-order valence-electron chi connectivity index (χ3n) is 7.01. The fourth-order valence-corrected chi connectivity index (χ4v) is 6.59. The van der Waals surface area contributed by atoms with E-state index >= 15 is 0 Å². The van der Waals surface area contributed by atoms with E-state index in [1.165, 1.54) is 0 Å². The van der Waals surface area contributed by atoms with Gasteiger partial charge in [0.05, 0.1) is 22.2 Å². The number of ether oxygens (including phenoxy) is 1. The van der Waals surface area contributed by atoms with Crippen LogP contribution in [0.15, 0.2) is 48.7 Å². The predicted octanol–water partition coefficient (Wildman–Crippen LogP) is 7.69. The summed E-state index contributed by atoms with van der Waals surface area (Å²) in [4.78, 5) is 31.2. The van der Waals surface area contributed by atoms with E-state index in [9.17, 15) is 18.4 Å². The fourth-order valence-electron chi connectivity index (χ4n) is 5.08. The number of halogens is 3. The number of carbonyl (C=O) groups excluding carboxylic acids is 2. The molecule has 0 bridgehead atoms. The Hall–Kier alpha value is -3.36. The van der Waals surface area contributed by atoms with Crippen LogP contribution in [0.3, 0.4) is 0 Å². The van der Waals surface area contributed by atoms with Crippen molar-refractivity contribution in [3.8, 4) is 16.9 Å². The maximum Gasteiger partial charge on any atom is 0.266 e. The van der Waals surface area contributed by atoms with Crippen molar-refractivity contribution >= 4 is 45.2 Å². The van der Waals surface area contributed by atoms with Crippen molar-refractivity contribution in [3.05, 3.63) is 81.5 Å². The van der Waals surface area contributed by atoms with E-state index in [1.807, 2.05) is 24.3 Å². The summed E-state index contributed by atoms with van der Waals surface area (Å²) in [5.74, 6) is -1.03. The van der Waals surface area contributed by atoms with Gasteiger partial charge in [0.25, 0.3) is 5.91 Å². The van der Waals surface area contributed by atoms with Gasteiger partial charge < -0.3 is 9.64 Å². The minimum Gasteiger partial charge on any atom is -0.496 e. The number of methoxy groups -OCH3 is 1. The summed E-state index contributed by atoms with van der Waals surface area (Å²) in [7, 11) is 1.57. The summed E-state index contributed by atoms with van der Waals surface area (Å²) in [6.07, 6.45) is 6.98. The Morgan fingerprint density at radius 3 is 2.55 bits per heavy atom. The molecule has 1 aliphatic carbocycles. The summed E-state index contributed by atoms with van der Waals surface area (Å²) in [6.45, 7) is 0.224. The lowest BCUT2D eigenvalue weighted by atomic mass is 9.93. The van der Waals surface area contributed by atoms with Gasteiger partial charge in [-0.2, -0.15) is 0 Å². The second kappa shape index (κ2) is 11.2. The monoisotopic (exact) mass is 554 g/mol. The van der Waals surface area contributed by atoms with E-state index in [1.54, 1.807) is 24.3 Å². The molecule has 2 aromatic carbocycles. The van der Waals surface area contributed by atoms with E-state index in [0.717, 1.165) is 72.3 Å². The van der Waals surface area contributed by atoms with Crippen LogP contribution >= 0.6 is 22.9 Å². The lowest BCUT2D eigenvalue weighted by Crippen LogP contribution is -2.40. The SMILES string of the molecule is COc1ccc(-c2ccnc(C=O)c2)cc1CN(C(=O)c1sc2c(F)ccc(F)c2c1Cl)C1CCCCC1. The minimum absolute atomic E-state index is 0.0326. The largest absolute Gasteiger partial charge is 0.496 e. The maximum absolute atomic E-state index is 14.6. The van der Waals surface area contributed by atoms with Gasteiger partial charge in [0, 0.05) is 24.3 Å². The molecule has 0 saturated heterocycles. The fraction of sp³-hybridized carbons (Fsp3) is 0.276. The molecular formula is C29H25ClF2N2O3S. The van der Waals surface area contributed by atoms with Crippen molar-refractivity contribution < 1.29 is 23.1 Å². The summed E-state index contributed by atoms with van der Waals surface area (Å²) < 4.78 is 34.7. The smallest absolute Gasteiger partial charge is 0.266 e. The van der Waals surface area contributed by atoms with E-state index in [0.29, 0.717) is 17.7 Å². The predicted molar refractivity (Wildman–Crippen MR) is 145 cm³/mol. The van der Waals surface area contributed by atoms with E-state index in [4.69, 9.17) is 16.3 Å². The van der Waals surface area contributed by atoms with Crippen LogP contribution in [0, 0.1) is 11.6 Å². The Morgan fingerprint density at radius 1 is 1.11 bits per heavy atom. The van der Waals surface area contributed by atoms with Crippen molar-refractivity contribution in [2.45, 2.75) is 44.7 Å². The van der Waals surface area contributed by atoms with Crippen LogP contribution in [-0.4, -0.2) is 35.2 Å². The molecule has 1 saturated carbocycles. The molecule has 0 aliphatic heterocycles. The number of benzene rings is 2. The van der Waals surface area contributed by atoms with Crippen LogP contribution in [0.2, 0.25) is 5.02 Å². The van der Waals surface area contributed by atoms with Crippen LogP contribution in [0.5, 0.6) is 5.75 Å². The van der Waals surface area contributed by atoms with Gasteiger partial charge in [0.15, 0.2) is 6.29 Å². The zero-order valence-corrected chi connectivity index (χ0v) is 22.2. The average molecular weight is 555 g/mol. The third-order valence-corrected chi connectivity index (χ3v) is 8.68. The summed E-state index contributed by atoms with van der Waals surface area (Å²) in [5.41, 5.74) is 2.73. The Balaban J connectivity index is 1.57. The number of fused-ring (bicyclic) bond motifs is 1. The highest BCUT2D eigenvalue weighted by Gasteiger charge is 2.31. The standard InChI is InChI=1S/C29H25ClF2N2O3S/c1-37-24-10-7-17(18-11-12-33-20(14-18)16-35)13-19(24)15-34(21-5-3-2-4-6-21)29(36)28-26(30)25-22(31)8-9-23(32)27(25)38-28/h7-14,16,21H,2-6,15H2,1H3. The van der Waals surface area contributed by atoms with E-state index in [2.05, 4.69) is 4.98 Å². The lowest BCUT2D eigenvalue weighted by Gasteiger charge is -2.34. The van der Waals surface area contributed by atoms with Gasteiger partial charge in [0.2, 0.25) is 0 Å². The maximum atomic E-state index is 14.6. The summed E-state index contributed by atoms with van der Waals surface area (Å²) in [5, 5.41) is -0.126. The number of aromatic nitrogens is 1. The Kier molecular flexibility index (Phi) is 7.72. The molecule has 196 valence electrons. The number of carbonyl (C=O) groups is 2. The first kappa shape index (κ1) is 26.3. The zero-order valence-electron chi connectivity index (χ0n) is 20.7. The Labute approximate surface area is 228 Å². The molecule has 5 rings (SSSR count). The quantitative estimate of drug-likeness (QED) is 0.220. The van der Waals surface area contributed by atoms with Gasteiger partial charge >= 0.3 is 0 Å². The average Bonchev–Trinajstić information content (AvgIpc) is 3.32. The molecule has 38 heavy (non-hydrogen) atoms. The zero-order chi connectivity index (χ0) is 26.8. The minimum atomic E-state index is -0.660. The van der Waals surface area contributed by atoms with Crippen molar-refractivity contribution in [3.63, 3.8) is 0 Å². The first-order chi connectivity index (χ1) is 18.4.